The van der Waals surface area contributed by atoms with Crippen molar-refractivity contribution in [3.63, 3.8) is 0 Å². The zero-order valence-electron chi connectivity index (χ0n) is 15.3. The standard InChI is InChI=1S/C21H19ClN4O2/c1-13-2-7-18-16(10-13)17-11-24-26(21(28)20(17)25-18)12-19(27)23-9-8-14-3-5-15(22)6-4-14/h2-7,10-11,25H,8-9,12H2,1H3,(H,23,27). The number of halogens is 1. The third kappa shape index (κ3) is 3.64. The van der Waals surface area contributed by atoms with Crippen molar-refractivity contribution in [3.8, 4) is 0 Å². The normalized spacial score (nSPS) is 11.2. The van der Waals surface area contributed by atoms with Crippen molar-refractivity contribution in [3.05, 3.63) is 75.2 Å². The number of aryl methyl sites for hydroxylation is 1. The highest BCUT2D eigenvalue weighted by Gasteiger charge is 2.12. The van der Waals surface area contributed by atoms with Crippen molar-refractivity contribution in [1.82, 2.24) is 20.1 Å². The molecule has 0 aliphatic heterocycles. The molecule has 0 unspecified atom stereocenters. The van der Waals surface area contributed by atoms with E-state index in [0.29, 0.717) is 23.5 Å². The molecule has 28 heavy (non-hydrogen) atoms. The maximum absolute atomic E-state index is 12.7. The second-order valence-corrected chi connectivity index (χ2v) is 7.23. The number of benzene rings is 2. The molecule has 0 bridgehead atoms. The van der Waals surface area contributed by atoms with Gasteiger partial charge in [-0.15, -0.1) is 0 Å². The van der Waals surface area contributed by atoms with Crippen molar-refractivity contribution >= 4 is 39.3 Å². The maximum Gasteiger partial charge on any atom is 0.291 e. The van der Waals surface area contributed by atoms with Gasteiger partial charge in [-0.1, -0.05) is 35.4 Å². The van der Waals surface area contributed by atoms with Crippen LogP contribution in [0.2, 0.25) is 5.02 Å². The summed E-state index contributed by atoms with van der Waals surface area (Å²) >= 11 is 5.86. The molecule has 2 aromatic carbocycles. The van der Waals surface area contributed by atoms with Crippen molar-refractivity contribution in [2.45, 2.75) is 19.9 Å². The Bertz CT molecular complexity index is 1230. The molecule has 0 saturated carbocycles. The fraction of sp³-hybridized carbons (Fsp3) is 0.190. The van der Waals surface area contributed by atoms with Crippen LogP contribution in [0.15, 0.2) is 53.5 Å². The third-order valence-electron chi connectivity index (χ3n) is 4.71. The molecule has 4 rings (SSSR count). The number of aromatic amines is 1. The summed E-state index contributed by atoms with van der Waals surface area (Å²) in [5.74, 6) is -0.255. The molecule has 2 N–H and O–H groups in total. The van der Waals surface area contributed by atoms with Crippen LogP contribution >= 0.6 is 11.6 Å². The number of fused-ring (bicyclic) bond motifs is 3. The average molecular weight is 395 g/mol. The Morgan fingerprint density at radius 1 is 1.18 bits per heavy atom. The highest BCUT2D eigenvalue weighted by molar-refractivity contribution is 6.30. The van der Waals surface area contributed by atoms with Crippen molar-refractivity contribution in [2.75, 3.05) is 6.54 Å². The number of carbonyl (C=O) groups is 1. The summed E-state index contributed by atoms with van der Waals surface area (Å²) in [5.41, 5.74) is 3.22. The van der Waals surface area contributed by atoms with Crippen LogP contribution in [0.5, 0.6) is 0 Å². The number of nitrogens with zero attached hydrogens (tertiary/aromatic N) is 2. The molecule has 0 radical (unpaired) electrons. The molecular weight excluding hydrogens is 376 g/mol. The van der Waals surface area contributed by atoms with Gasteiger partial charge in [0, 0.05) is 27.9 Å². The smallest absolute Gasteiger partial charge is 0.291 e. The van der Waals surface area contributed by atoms with E-state index in [1.54, 1.807) is 6.20 Å². The lowest BCUT2D eigenvalue weighted by Gasteiger charge is -2.07. The summed E-state index contributed by atoms with van der Waals surface area (Å²) in [5, 5.41) is 9.41. The molecule has 0 atom stereocenters. The quantitative estimate of drug-likeness (QED) is 0.545. The highest BCUT2D eigenvalue weighted by atomic mass is 35.5. The van der Waals surface area contributed by atoms with E-state index in [0.717, 1.165) is 27.4 Å². The Hall–Kier alpha value is -3.12. The molecule has 7 heteroatoms. The third-order valence-corrected chi connectivity index (χ3v) is 4.96. The Labute approximate surface area is 166 Å². The van der Waals surface area contributed by atoms with E-state index < -0.39 is 0 Å². The largest absolute Gasteiger partial charge is 0.354 e. The highest BCUT2D eigenvalue weighted by Crippen LogP contribution is 2.23. The van der Waals surface area contributed by atoms with Crippen molar-refractivity contribution in [1.29, 1.82) is 0 Å². The molecule has 4 aromatic rings. The van der Waals surface area contributed by atoms with Gasteiger partial charge >= 0.3 is 0 Å². The molecule has 1 amide bonds. The monoisotopic (exact) mass is 394 g/mol. The predicted molar refractivity (Wildman–Crippen MR) is 111 cm³/mol. The Morgan fingerprint density at radius 2 is 1.96 bits per heavy atom. The van der Waals surface area contributed by atoms with Crippen LogP contribution in [0.4, 0.5) is 0 Å². The van der Waals surface area contributed by atoms with E-state index >= 15 is 0 Å². The number of nitrogens with one attached hydrogen (secondary N) is 2. The summed E-state index contributed by atoms with van der Waals surface area (Å²) in [4.78, 5) is 28.1. The van der Waals surface area contributed by atoms with E-state index in [1.807, 2.05) is 49.4 Å². The summed E-state index contributed by atoms with van der Waals surface area (Å²) in [6.07, 6.45) is 2.32. The van der Waals surface area contributed by atoms with Gasteiger partial charge in [0.15, 0.2) is 0 Å². The number of H-pyrrole nitrogens is 1. The zero-order chi connectivity index (χ0) is 19.7. The molecule has 2 aromatic heterocycles. The average Bonchev–Trinajstić information content (AvgIpc) is 3.04. The van der Waals surface area contributed by atoms with Gasteiger partial charge in [-0.2, -0.15) is 5.10 Å². The second-order valence-electron chi connectivity index (χ2n) is 6.80. The predicted octanol–water partition coefficient (Wildman–Crippen LogP) is 3.20. The number of carbonyl (C=O) groups excluding carboxylic acids is 1. The van der Waals surface area contributed by atoms with Crippen molar-refractivity contribution in [2.24, 2.45) is 0 Å². The first kappa shape index (κ1) is 18.3. The molecule has 0 aliphatic carbocycles. The maximum atomic E-state index is 12.7. The van der Waals surface area contributed by atoms with Crippen LogP contribution in [0.1, 0.15) is 11.1 Å². The van der Waals surface area contributed by atoms with Gasteiger partial charge in [0.2, 0.25) is 5.91 Å². The molecular formula is C21H19ClN4O2. The van der Waals surface area contributed by atoms with Gasteiger partial charge < -0.3 is 10.3 Å². The minimum Gasteiger partial charge on any atom is -0.354 e. The molecule has 2 heterocycles. The fourth-order valence-corrected chi connectivity index (χ4v) is 3.37. The van der Waals surface area contributed by atoms with E-state index in [4.69, 9.17) is 11.6 Å². The van der Waals surface area contributed by atoms with Crippen molar-refractivity contribution < 1.29 is 4.79 Å². The SMILES string of the molecule is Cc1ccc2[nH]c3c(=O)n(CC(=O)NCCc4ccc(Cl)cc4)ncc3c2c1. The first-order valence-corrected chi connectivity index (χ1v) is 9.38. The van der Waals surface area contributed by atoms with Gasteiger partial charge in [-0.05, 0) is 43.2 Å². The number of aromatic nitrogens is 3. The van der Waals surface area contributed by atoms with E-state index in [2.05, 4.69) is 15.4 Å². The minimum atomic E-state index is -0.306. The number of amides is 1. The molecule has 0 aliphatic rings. The fourth-order valence-electron chi connectivity index (χ4n) is 3.24. The lowest BCUT2D eigenvalue weighted by molar-refractivity contribution is -0.121. The van der Waals surface area contributed by atoms with Crippen LogP contribution in [0.25, 0.3) is 21.8 Å². The topological polar surface area (TPSA) is 79.8 Å². The summed E-state index contributed by atoms with van der Waals surface area (Å²) in [7, 11) is 0. The molecule has 142 valence electrons. The molecule has 0 saturated heterocycles. The first-order chi connectivity index (χ1) is 13.5. The zero-order valence-corrected chi connectivity index (χ0v) is 16.1. The Balaban J connectivity index is 1.47. The van der Waals surface area contributed by atoms with Gasteiger partial charge in [0.1, 0.15) is 12.1 Å². The van der Waals surface area contributed by atoms with Crippen LogP contribution in [0.3, 0.4) is 0 Å². The lowest BCUT2D eigenvalue weighted by atomic mass is 10.1. The molecule has 6 nitrogen and oxygen atoms in total. The molecule has 0 spiro atoms. The van der Waals surface area contributed by atoms with Gasteiger partial charge in [-0.3, -0.25) is 9.59 Å². The van der Waals surface area contributed by atoms with E-state index in [1.165, 1.54) is 4.68 Å². The number of hydrogen-bond acceptors (Lipinski definition) is 3. The minimum absolute atomic E-state index is 0.121. The number of hydrogen-bond donors (Lipinski definition) is 2. The first-order valence-electron chi connectivity index (χ1n) is 9.00. The van der Waals surface area contributed by atoms with Gasteiger partial charge in [0.05, 0.1) is 6.20 Å². The van der Waals surface area contributed by atoms with E-state index in [-0.39, 0.29) is 18.0 Å². The van der Waals surface area contributed by atoms with E-state index in [9.17, 15) is 9.59 Å². The lowest BCUT2D eigenvalue weighted by Crippen LogP contribution is -2.34. The Morgan fingerprint density at radius 3 is 2.75 bits per heavy atom. The van der Waals surface area contributed by atoms with Crippen LogP contribution in [0, 0.1) is 6.92 Å². The van der Waals surface area contributed by atoms with Crippen LogP contribution in [-0.4, -0.2) is 27.2 Å². The number of rotatable bonds is 5. The second kappa shape index (κ2) is 7.48. The van der Waals surface area contributed by atoms with Crippen LogP contribution < -0.4 is 10.9 Å². The summed E-state index contributed by atoms with van der Waals surface area (Å²) in [6, 6.07) is 13.4. The summed E-state index contributed by atoms with van der Waals surface area (Å²) < 4.78 is 1.18. The van der Waals surface area contributed by atoms with Gasteiger partial charge in [0.25, 0.3) is 5.56 Å². The molecule has 0 fully saturated rings. The Kier molecular flexibility index (Phi) is 4.88. The van der Waals surface area contributed by atoms with Crippen LogP contribution in [-0.2, 0) is 17.8 Å². The summed E-state index contributed by atoms with van der Waals surface area (Å²) in [6.45, 7) is 2.36. The van der Waals surface area contributed by atoms with Gasteiger partial charge in [-0.25, -0.2) is 4.68 Å².